The van der Waals surface area contributed by atoms with Crippen molar-refractivity contribution in [2.24, 2.45) is 5.92 Å². The molecule has 0 bridgehead atoms. The van der Waals surface area contributed by atoms with Gasteiger partial charge in [0, 0.05) is 6.42 Å². The predicted molar refractivity (Wildman–Crippen MR) is 54.5 cm³/mol. The van der Waals surface area contributed by atoms with Gasteiger partial charge in [-0.05, 0) is 36.7 Å². The fraction of sp³-hybridized carbons (Fsp3) is 0.700. The molecule has 0 aromatic rings. The van der Waals surface area contributed by atoms with Crippen molar-refractivity contribution in [3.63, 3.8) is 0 Å². The van der Waals surface area contributed by atoms with Gasteiger partial charge >= 0.3 is 0 Å². The summed E-state index contributed by atoms with van der Waals surface area (Å²) < 4.78 is 0. The van der Waals surface area contributed by atoms with E-state index in [0.29, 0.717) is 6.42 Å². The summed E-state index contributed by atoms with van der Waals surface area (Å²) in [6.45, 7) is 0. The van der Waals surface area contributed by atoms with Crippen LogP contribution in [0.25, 0.3) is 0 Å². The molecule has 0 amide bonds. The minimum absolute atomic E-state index is 0.585. The number of allylic oxidation sites excluding steroid dienone is 2. The quantitative estimate of drug-likeness (QED) is 0.493. The van der Waals surface area contributed by atoms with Gasteiger partial charge in [-0.15, -0.1) is 0 Å². The van der Waals surface area contributed by atoms with Crippen LogP contribution < -0.4 is 0 Å². The SMILES string of the molecule is O=CC/C=C\CC1CCSCC1. The van der Waals surface area contributed by atoms with Gasteiger partial charge in [0.25, 0.3) is 0 Å². The fourth-order valence-corrected chi connectivity index (χ4v) is 2.63. The summed E-state index contributed by atoms with van der Waals surface area (Å²) in [7, 11) is 0. The molecule has 0 saturated carbocycles. The molecule has 12 heavy (non-hydrogen) atoms. The average molecular weight is 184 g/mol. The van der Waals surface area contributed by atoms with E-state index in [2.05, 4.69) is 17.8 Å². The molecule has 0 radical (unpaired) electrons. The van der Waals surface area contributed by atoms with Crippen LogP contribution in [0.4, 0.5) is 0 Å². The zero-order chi connectivity index (χ0) is 8.65. The fourth-order valence-electron chi connectivity index (χ4n) is 1.42. The molecule has 0 N–H and O–H groups in total. The van der Waals surface area contributed by atoms with Crippen molar-refractivity contribution in [1.82, 2.24) is 0 Å². The third-order valence-electron chi connectivity index (χ3n) is 2.21. The zero-order valence-corrected chi connectivity index (χ0v) is 8.19. The molecule has 2 heteroatoms. The molecule has 0 atom stereocenters. The van der Waals surface area contributed by atoms with Crippen molar-refractivity contribution < 1.29 is 4.79 Å². The first kappa shape index (κ1) is 9.85. The first-order chi connectivity index (χ1) is 5.93. The number of aldehydes is 1. The van der Waals surface area contributed by atoms with Crippen LogP contribution in [0, 0.1) is 5.92 Å². The predicted octanol–water partition coefficient (Wildman–Crippen LogP) is 2.66. The molecule has 1 nitrogen and oxygen atoms in total. The van der Waals surface area contributed by atoms with Crippen LogP contribution >= 0.6 is 11.8 Å². The van der Waals surface area contributed by atoms with Gasteiger partial charge < -0.3 is 4.79 Å². The van der Waals surface area contributed by atoms with Crippen LogP contribution in [0.15, 0.2) is 12.2 Å². The molecule has 1 fully saturated rings. The van der Waals surface area contributed by atoms with E-state index in [-0.39, 0.29) is 0 Å². The number of carbonyl (C=O) groups excluding carboxylic acids is 1. The van der Waals surface area contributed by atoms with E-state index in [0.717, 1.165) is 12.2 Å². The molecule has 0 aromatic carbocycles. The van der Waals surface area contributed by atoms with Gasteiger partial charge in [-0.3, -0.25) is 0 Å². The topological polar surface area (TPSA) is 17.1 Å². The van der Waals surface area contributed by atoms with Crippen LogP contribution in [-0.4, -0.2) is 17.8 Å². The average Bonchev–Trinajstić information content (AvgIpc) is 2.14. The number of hydrogen-bond acceptors (Lipinski definition) is 2. The van der Waals surface area contributed by atoms with Crippen molar-refractivity contribution in [2.45, 2.75) is 25.7 Å². The molecule has 0 aromatic heterocycles. The summed E-state index contributed by atoms with van der Waals surface area (Å²) in [6.07, 6.45) is 9.57. The Morgan fingerprint density at radius 3 is 2.67 bits per heavy atom. The highest BCUT2D eigenvalue weighted by atomic mass is 32.2. The van der Waals surface area contributed by atoms with E-state index in [1.807, 2.05) is 6.08 Å². The Bertz CT molecular complexity index is 148. The van der Waals surface area contributed by atoms with Gasteiger partial charge in [-0.2, -0.15) is 11.8 Å². The molecular formula is C10H16OS. The second-order valence-electron chi connectivity index (χ2n) is 3.17. The lowest BCUT2D eigenvalue weighted by Crippen LogP contribution is -2.08. The van der Waals surface area contributed by atoms with Crippen LogP contribution in [-0.2, 0) is 4.79 Å². The standard InChI is InChI=1S/C10H16OS/c11-7-3-1-2-4-10-5-8-12-9-6-10/h1-2,7,10H,3-6,8-9H2/b2-1-. The van der Waals surface area contributed by atoms with Gasteiger partial charge in [0.2, 0.25) is 0 Å². The minimum Gasteiger partial charge on any atom is -0.303 e. The third-order valence-corrected chi connectivity index (χ3v) is 3.26. The van der Waals surface area contributed by atoms with E-state index in [1.54, 1.807) is 0 Å². The smallest absolute Gasteiger partial charge is 0.123 e. The van der Waals surface area contributed by atoms with Gasteiger partial charge in [0.15, 0.2) is 0 Å². The van der Waals surface area contributed by atoms with Crippen molar-refractivity contribution in [2.75, 3.05) is 11.5 Å². The second kappa shape index (κ2) is 6.30. The van der Waals surface area contributed by atoms with Gasteiger partial charge in [0.05, 0.1) is 0 Å². The maximum atomic E-state index is 10.0. The Balaban J connectivity index is 2.08. The van der Waals surface area contributed by atoms with E-state index in [1.165, 1.54) is 30.8 Å². The molecule has 1 saturated heterocycles. The largest absolute Gasteiger partial charge is 0.303 e. The van der Waals surface area contributed by atoms with Crippen molar-refractivity contribution in [1.29, 1.82) is 0 Å². The Morgan fingerprint density at radius 1 is 1.25 bits per heavy atom. The van der Waals surface area contributed by atoms with Crippen molar-refractivity contribution in [3.05, 3.63) is 12.2 Å². The molecular weight excluding hydrogens is 168 g/mol. The third kappa shape index (κ3) is 3.96. The number of rotatable bonds is 4. The number of hydrogen-bond donors (Lipinski definition) is 0. The molecule has 68 valence electrons. The van der Waals surface area contributed by atoms with Gasteiger partial charge in [0.1, 0.15) is 6.29 Å². The second-order valence-corrected chi connectivity index (χ2v) is 4.39. The maximum Gasteiger partial charge on any atom is 0.123 e. The molecule has 0 spiro atoms. The Labute approximate surface area is 78.6 Å². The first-order valence-electron chi connectivity index (χ1n) is 4.60. The molecule has 0 aliphatic carbocycles. The van der Waals surface area contributed by atoms with Gasteiger partial charge in [-0.25, -0.2) is 0 Å². The summed E-state index contributed by atoms with van der Waals surface area (Å²) in [5, 5.41) is 0. The summed E-state index contributed by atoms with van der Waals surface area (Å²) >= 11 is 2.06. The van der Waals surface area contributed by atoms with E-state index < -0.39 is 0 Å². The van der Waals surface area contributed by atoms with Crippen LogP contribution in [0.1, 0.15) is 25.7 Å². The van der Waals surface area contributed by atoms with E-state index >= 15 is 0 Å². The lowest BCUT2D eigenvalue weighted by molar-refractivity contribution is -0.107. The monoisotopic (exact) mass is 184 g/mol. The summed E-state index contributed by atoms with van der Waals surface area (Å²) in [5.74, 6) is 3.53. The number of thioether (sulfide) groups is 1. The zero-order valence-electron chi connectivity index (χ0n) is 7.37. The normalized spacial score (nSPS) is 20.0. The van der Waals surface area contributed by atoms with E-state index in [9.17, 15) is 4.79 Å². The highest BCUT2D eigenvalue weighted by molar-refractivity contribution is 7.99. The highest BCUT2D eigenvalue weighted by Gasteiger charge is 2.11. The Kier molecular flexibility index (Phi) is 5.16. The van der Waals surface area contributed by atoms with Crippen LogP contribution in [0.5, 0.6) is 0 Å². The van der Waals surface area contributed by atoms with Crippen molar-refractivity contribution in [3.8, 4) is 0 Å². The van der Waals surface area contributed by atoms with Crippen LogP contribution in [0.3, 0.4) is 0 Å². The molecule has 1 heterocycles. The Morgan fingerprint density at radius 2 is 2.00 bits per heavy atom. The summed E-state index contributed by atoms with van der Waals surface area (Å²) in [4.78, 5) is 10.0. The van der Waals surface area contributed by atoms with E-state index in [4.69, 9.17) is 0 Å². The van der Waals surface area contributed by atoms with Gasteiger partial charge in [-0.1, -0.05) is 12.2 Å². The lowest BCUT2D eigenvalue weighted by atomic mass is 9.99. The lowest BCUT2D eigenvalue weighted by Gasteiger charge is -2.19. The summed E-state index contributed by atoms with van der Waals surface area (Å²) in [6, 6.07) is 0. The summed E-state index contributed by atoms with van der Waals surface area (Å²) in [5.41, 5.74) is 0. The minimum atomic E-state index is 0.585. The molecule has 0 unspecified atom stereocenters. The maximum absolute atomic E-state index is 10.0. The highest BCUT2D eigenvalue weighted by Crippen LogP contribution is 2.25. The first-order valence-corrected chi connectivity index (χ1v) is 5.75. The molecule has 1 rings (SSSR count). The van der Waals surface area contributed by atoms with Crippen molar-refractivity contribution >= 4 is 18.0 Å². The molecule has 1 aliphatic heterocycles. The number of carbonyl (C=O) groups is 1. The molecule has 1 aliphatic rings. The Hall–Kier alpha value is -0.240. The van der Waals surface area contributed by atoms with Crippen LogP contribution in [0.2, 0.25) is 0 Å².